The van der Waals surface area contributed by atoms with Gasteiger partial charge in [0.05, 0.1) is 0 Å². The molecule has 0 saturated carbocycles. The molecule has 0 aliphatic rings. The van der Waals surface area contributed by atoms with Crippen LogP contribution in [0.15, 0.2) is 0 Å². The highest BCUT2D eigenvalue weighted by molar-refractivity contribution is 7.79. The van der Waals surface area contributed by atoms with E-state index >= 15 is 0 Å². The van der Waals surface area contributed by atoms with Crippen LogP contribution in [0.5, 0.6) is 0 Å². The predicted octanol–water partition coefficient (Wildman–Crippen LogP) is 0.417. The van der Waals surface area contributed by atoms with Crippen molar-refractivity contribution in [2.75, 3.05) is 6.61 Å². The lowest BCUT2D eigenvalue weighted by molar-refractivity contribution is 0.282. The summed E-state index contributed by atoms with van der Waals surface area (Å²) in [7, 11) is 0. The average Bonchev–Trinajstić information content (AvgIpc) is 1.87. The molecule has 62 valence electrons. The number of aliphatic hydroxyl groups is 1. The minimum atomic E-state index is -2.01. The molecule has 0 heterocycles. The summed E-state index contributed by atoms with van der Waals surface area (Å²) in [6.45, 7) is 1.88. The van der Waals surface area contributed by atoms with Gasteiger partial charge in [-0.25, -0.2) is 0 Å². The Kier molecular flexibility index (Phi) is 5.87. The highest BCUT2D eigenvalue weighted by Gasteiger charge is 2.05. The molecule has 0 aliphatic carbocycles. The normalized spacial score (nSPS) is 16.7. The Morgan fingerprint density at radius 3 is 2.50 bits per heavy atom. The van der Waals surface area contributed by atoms with Crippen LogP contribution in [0.25, 0.3) is 0 Å². The fourth-order valence-electron chi connectivity index (χ4n) is 0.803. The van der Waals surface area contributed by atoms with Gasteiger partial charge in [-0.1, -0.05) is 24.4 Å². The molecule has 2 unspecified atom stereocenters. The van der Waals surface area contributed by atoms with Gasteiger partial charge in [0.1, 0.15) is 0 Å². The molecule has 0 aromatic carbocycles. The third-order valence-electron chi connectivity index (χ3n) is 1.33. The van der Waals surface area contributed by atoms with Crippen molar-refractivity contribution in [3.63, 3.8) is 0 Å². The van der Waals surface area contributed by atoms with Gasteiger partial charge in [-0.05, 0) is 12.8 Å². The van der Waals surface area contributed by atoms with E-state index in [1.54, 1.807) is 0 Å². The second-order valence-corrected chi connectivity index (χ2v) is 3.37. The molecule has 2 atom stereocenters. The van der Waals surface area contributed by atoms with Gasteiger partial charge in [0.2, 0.25) is 0 Å². The van der Waals surface area contributed by atoms with Gasteiger partial charge in [-0.2, -0.15) is 0 Å². The maximum absolute atomic E-state index is 10.4. The summed E-state index contributed by atoms with van der Waals surface area (Å²) < 4.78 is 20.7. The molecule has 0 radical (unpaired) electrons. The molecular weight excluding hydrogens is 152 g/mol. The van der Waals surface area contributed by atoms with Crippen molar-refractivity contribution in [3.8, 4) is 0 Å². The molecule has 0 spiro atoms. The van der Waals surface area contributed by atoms with Crippen molar-refractivity contribution in [2.45, 2.75) is 31.4 Å². The third-order valence-corrected chi connectivity index (χ3v) is 2.35. The Bertz CT molecular complexity index is 99.2. The van der Waals surface area contributed by atoms with Gasteiger partial charge in [0.15, 0.2) is 0 Å². The Balaban J connectivity index is 3.61. The fourth-order valence-corrected chi connectivity index (χ4v) is 1.53. The van der Waals surface area contributed by atoms with E-state index in [4.69, 9.17) is 5.11 Å². The first-order valence-electron chi connectivity index (χ1n) is 3.41. The summed E-state index contributed by atoms with van der Waals surface area (Å²) in [4.78, 5) is 0. The van der Waals surface area contributed by atoms with E-state index in [2.05, 4.69) is 0 Å². The first-order chi connectivity index (χ1) is 4.72. The van der Waals surface area contributed by atoms with Crippen LogP contribution in [0.2, 0.25) is 0 Å². The Morgan fingerprint density at radius 2 is 2.20 bits per heavy atom. The van der Waals surface area contributed by atoms with Gasteiger partial charge in [0.25, 0.3) is 0 Å². The van der Waals surface area contributed by atoms with Gasteiger partial charge >= 0.3 is 0 Å². The number of aliphatic hydroxyl groups excluding tert-OH is 1. The van der Waals surface area contributed by atoms with E-state index in [0.717, 1.165) is 6.42 Å². The zero-order valence-corrected chi connectivity index (χ0v) is 6.89. The Hall–Kier alpha value is 0.0700. The topological polar surface area (TPSA) is 60.4 Å². The second kappa shape index (κ2) is 5.82. The Labute approximate surface area is 63.7 Å². The molecular formula is C6H13O3S-. The fraction of sp³-hybridized carbons (Fsp3) is 1.00. The molecule has 10 heavy (non-hydrogen) atoms. The van der Waals surface area contributed by atoms with Crippen LogP contribution in [-0.2, 0) is 11.1 Å². The van der Waals surface area contributed by atoms with Crippen LogP contribution in [0, 0.1) is 0 Å². The summed E-state index contributed by atoms with van der Waals surface area (Å²) >= 11 is -2.01. The predicted molar refractivity (Wildman–Crippen MR) is 39.3 cm³/mol. The first-order valence-corrected chi connectivity index (χ1v) is 4.55. The van der Waals surface area contributed by atoms with Crippen LogP contribution < -0.4 is 0 Å². The van der Waals surface area contributed by atoms with Crippen LogP contribution in [0.3, 0.4) is 0 Å². The molecule has 0 fully saturated rings. The van der Waals surface area contributed by atoms with Gasteiger partial charge in [0, 0.05) is 11.9 Å². The van der Waals surface area contributed by atoms with Crippen molar-refractivity contribution in [3.05, 3.63) is 0 Å². The second-order valence-electron chi connectivity index (χ2n) is 2.18. The number of rotatable bonds is 5. The summed E-state index contributed by atoms with van der Waals surface area (Å²) in [5.74, 6) is 0. The summed E-state index contributed by atoms with van der Waals surface area (Å²) in [5.41, 5.74) is 0. The van der Waals surface area contributed by atoms with Crippen LogP contribution in [0.4, 0.5) is 0 Å². The van der Waals surface area contributed by atoms with Gasteiger partial charge in [-0.15, -0.1) is 0 Å². The maximum Gasteiger partial charge on any atom is 0.0442 e. The average molecular weight is 165 g/mol. The lowest BCUT2D eigenvalue weighted by Gasteiger charge is -2.17. The maximum atomic E-state index is 10.4. The molecule has 0 aromatic rings. The van der Waals surface area contributed by atoms with E-state index in [1.807, 2.05) is 6.92 Å². The van der Waals surface area contributed by atoms with E-state index in [-0.39, 0.29) is 11.9 Å². The Morgan fingerprint density at radius 1 is 1.60 bits per heavy atom. The van der Waals surface area contributed by atoms with E-state index < -0.39 is 11.1 Å². The quantitative estimate of drug-likeness (QED) is 0.600. The monoisotopic (exact) mass is 165 g/mol. The lowest BCUT2D eigenvalue weighted by Crippen LogP contribution is -2.15. The van der Waals surface area contributed by atoms with Crippen molar-refractivity contribution in [2.24, 2.45) is 0 Å². The largest absolute Gasteiger partial charge is 0.772 e. The molecule has 3 nitrogen and oxygen atoms in total. The molecule has 4 heteroatoms. The molecule has 1 N–H and O–H groups in total. The van der Waals surface area contributed by atoms with Crippen molar-refractivity contribution in [1.82, 2.24) is 0 Å². The SMILES string of the molecule is CCCC(CCO)S(=O)[O-]. The van der Waals surface area contributed by atoms with E-state index in [1.165, 1.54) is 0 Å². The molecule has 0 amide bonds. The summed E-state index contributed by atoms with van der Waals surface area (Å²) in [6, 6.07) is 0. The van der Waals surface area contributed by atoms with Crippen LogP contribution in [-0.4, -0.2) is 25.7 Å². The van der Waals surface area contributed by atoms with Crippen molar-refractivity contribution in [1.29, 1.82) is 0 Å². The standard InChI is InChI=1S/C6H14O3S/c1-2-3-6(4-5-7)10(8)9/h6-7H,2-5H2,1H3,(H,8,9)/p-1. The van der Waals surface area contributed by atoms with Gasteiger partial charge < -0.3 is 9.66 Å². The molecule has 0 bridgehead atoms. The highest BCUT2D eigenvalue weighted by atomic mass is 32.2. The molecule has 0 rings (SSSR count). The van der Waals surface area contributed by atoms with E-state index in [0.29, 0.717) is 12.8 Å². The molecule has 0 saturated heterocycles. The van der Waals surface area contributed by atoms with Crippen LogP contribution >= 0.6 is 0 Å². The minimum Gasteiger partial charge on any atom is -0.772 e. The van der Waals surface area contributed by atoms with E-state index in [9.17, 15) is 8.76 Å². The number of hydrogen-bond acceptors (Lipinski definition) is 3. The lowest BCUT2D eigenvalue weighted by atomic mass is 10.2. The summed E-state index contributed by atoms with van der Waals surface area (Å²) in [6.07, 6.45) is 1.86. The highest BCUT2D eigenvalue weighted by Crippen LogP contribution is 2.06. The number of hydrogen-bond donors (Lipinski definition) is 1. The molecule has 0 aromatic heterocycles. The van der Waals surface area contributed by atoms with Crippen molar-refractivity contribution < 1.29 is 13.9 Å². The smallest absolute Gasteiger partial charge is 0.0442 e. The third kappa shape index (κ3) is 3.98. The zero-order chi connectivity index (χ0) is 7.98. The first kappa shape index (κ1) is 10.1. The minimum absolute atomic E-state index is 0.0430. The van der Waals surface area contributed by atoms with Crippen LogP contribution in [0.1, 0.15) is 26.2 Å². The summed E-state index contributed by atoms with van der Waals surface area (Å²) in [5, 5.41) is 8.09. The molecule has 0 aliphatic heterocycles. The van der Waals surface area contributed by atoms with Gasteiger partial charge in [-0.3, -0.25) is 4.21 Å². The van der Waals surface area contributed by atoms with Crippen molar-refractivity contribution >= 4 is 11.1 Å². The zero-order valence-electron chi connectivity index (χ0n) is 6.08.